The molecule has 2 nitrogen and oxygen atoms in total. The number of nitrogens with one attached hydrogen (secondary N) is 1. The number of Topliss-reactive ketones (excluding diaryl/α,β-unsaturated/α-hetero) is 1. The first-order valence-electron chi connectivity index (χ1n) is 3.92. The summed E-state index contributed by atoms with van der Waals surface area (Å²) in [5, 5.41) is 7.47. The molecule has 0 radical (unpaired) electrons. The highest BCUT2D eigenvalue weighted by molar-refractivity contribution is 6.08. The summed E-state index contributed by atoms with van der Waals surface area (Å²) in [7, 11) is 0. The smallest absolute Gasteiger partial charge is 0.135 e. The normalized spacial score (nSPS) is 9.69. The van der Waals surface area contributed by atoms with E-state index in [4.69, 9.17) is 5.41 Å². The Balaban J connectivity index is 2.83. The fourth-order valence-corrected chi connectivity index (χ4v) is 1.03. The Morgan fingerprint density at radius 2 is 2.23 bits per heavy atom. The summed E-state index contributed by atoms with van der Waals surface area (Å²) in [6.45, 7) is 1.41. The van der Waals surface area contributed by atoms with E-state index in [9.17, 15) is 9.18 Å². The molecular formula is C10H10FNO. The van der Waals surface area contributed by atoms with Crippen molar-refractivity contribution in [2.75, 3.05) is 0 Å². The zero-order valence-electron chi connectivity index (χ0n) is 7.30. The van der Waals surface area contributed by atoms with Gasteiger partial charge in [-0.2, -0.15) is 0 Å². The van der Waals surface area contributed by atoms with Gasteiger partial charge in [-0.3, -0.25) is 4.79 Å². The molecule has 0 unspecified atom stereocenters. The Hall–Kier alpha value is -1.51. The van der Waals surface area contributed by atoms with Gasteiger partial charge in [-0.15, -0.1) is 0 Å². The van der Waals surface area contributed by atoms with E-state index >= 15 is 0 Å². The monoisotopic (exact) mass is 179 g/mol. The van der Waals surface area contributed by atoms with Gasteiger partial charge in [0.05, 0.1) is 0 Å². The molecule has 0 bridgehead atoms. The predicted molar refractivity (Wildman–Crippen MR) is 48.5 cm³/mol. The fourth-order valence-electron chi connectivity index (χ4n) is 1.03. The van der Waals surface area contributed by atoms with E-state index in [0.717, 1.165) is 0 Å². The van der Waals surface area contributed by atoms with Gasteiger partial charge in [0.1, 0.15) is 11.6 Å². The van der Waals surface area contributed by atoms with Crippen LogP contribution in [0.25, 0.3) is 0 Å². The predicted octanol–water partition coefficient (Wildman–Crippen LogP) is 2.17. The van der Waals surface area contributed by atoms with Crippen molar-refractivity contribution in [3.63, 3.8) is 0 Å². The summed E-state index contributed by atoms with van der Waals surface area (Å²) < 4.78 is 12.7. The summed E-state index contributed by atoms with van der Waals surface area (Å²) in [5.74, 6) is -0.472. The number of benzene rings is 1. The minimum absolute atomic E-state index is 0.0590. The van der Waals surface area contributed by atoms with E-state index in [-0.39, 0.29) is 23.7 Å². The molecule has 0 saturated heterocycles. The van der Waals surface area contributed by atoms with E-state index in [1.807, 2.05) is 0 Å². The van der Waals surface area contributed by atoms with Gasteiger partial charge in [-0.1, -0.05) is 12.1 Å². The van der Waals surface area contributed by atoms with Crippen molar-refractivity contribution in [3.05, 3.63) is 35.6 Å². The lowest BCUT2D eigenvalue weighted by atomic mass is 10.1. The number of ketones is 1. The average molecular weight is 179 g/mol. The molecule has 0 aliphatic carbocycles. The largest absolute Gasteiger partial charge is 0.304 e. The van der Waals surface area contributed by atoms with Gasteiger partial charge >= 0.3 is 0 Å². The minimum Gasteiger partial charge on any atom is -0.304 e. The number of carbonyl (C=O) groups excluding carboxylic acids is 1. The number of halogens is 1. The van der Waals surface area contributed by atoms with Crippen LogP contribution in [-0.4, -0.2) is 11.5 Å². The number of hydrogen-bond donors (Lipinski definition) is 1. The number of carbonyl (C=O) groups is 1. The van der Waals surface area contributed by atoms with Gasteiger partial charge < -0.3 is 5.41 Å². The maximum absolute atomic E-state index is 12.7. The van der Waals surface area contributed by atoms with E-state index in [1.165, 1.54) is 25.1 Å². The highest BCUT2D eigenvalue weighted by atomic mass is 19.1. The van der Waals surface area contributed by atoms with Crippen LogP contribution in [0.5, 0.6) is 0 Å². The second-order valence-corrected chi connectivity index (χ2v) is 2.87. The van der Waals surface area contributed by atoms with Crippen molar-refractivity contribution in [3.8, 4) is 0 Å². The third kappa shape index (κ3) is 2.78. The van der Waals surface area contributed by atoms with Gasteiger partial charge in [0.15, 0.2) is 0 Å². The van der Waals surface area contributed by atoms with Crippen LogP contribution in [0.3, 0.4) is 0 Å². The maximum Gasteiger partial charge on any atom is 0.135 e. The van der Waals surface area contributed by atoms with Crippen molar-refractivity contribution in [1.29, 1.82) is 5.41 Å². The molecule has 0 fully saturated rings. The van der Waals surface area contributed by atoms with Crippen LogP contribution < -0.4 is 0 Å². The SMILES string of the molecule is CC(=O)CC(=N)c1cccc(F)c1. The molecule has 0 spiro atoms. The first-order chi connectivity index (χ1) is 6.09. The van der Waals surface area contributed by atoms with E-state index in [0.29, 0.717) is 5.56 Å². The van der Waals surface area contributed by atoms with Crippen LogP contribution in [-0.2, 0) is 4.79 Å². The summed E-state index contributed by atoms with van der Waals surface area (Å²) in [4.78, 5) is 10.7. The Labute approximate surface area is 75.9 Å². The molecule has 0 amide bonds. The topological polar surface area (TPSA) is 40.9 Å². The molecule has 13 heavy (non-hydrogen) atoms. The Kier molecular flexibility index (Phi) is 2.90. The van der Waals surface area contributed by atoms with Crippen LogP contribution in [0.1, 0.15) is 18.9 Å². The van der Waals surface area contributed by atoms with Crippen molar-refractivity contribution in [2.24, 2.45) is 0 Å². The van der Waals surface area contributed by atoms with Gasteiger partial charge in [0.2, 0.25) is 0 Å². The zero-order chi connectivity index (χ0) is 9.84. The van der Waals surface area contributed by atoms with Gasteiger partial charge in [0, 0.05) is 12.1 Å². The van der Waals surface area contributed by atoms with Crippen molar-refractivity contribution in [2.45, 2.75) is 13.3 Å². The number of rotatable bonds is 3. The molecule has 0 aromatic heterocycles. The lowest BCUT2D eigenvalue weighted by Crippen LogP contribution is -2.04. The van der Waals surface area contributed by atoms with E-state index in [2.05, 4.69) is 0 Å². The Morgan fingerprint density at radius 1 is 1.54 bits per heavy atom. The third-order valence-electron chi connectivity index (χ3n) is 1.60. The molecule has 0 aliphatic rings. The maximum atomic E-state index is 12.7. The second kappa shape index (κ2) is 3.94. The molecular weight excluding hydrogens is 169 g/mol. The lowest BCUT2D eigenvalue weighted by Gasteiger charge is -2.00. The average Bonchev–Trinajstić information content (AvgIpc) is 2.03. The first-order valence-corrected chi connectivity index (χ1v) is 3.92. The molecule has 0 heterocycles. The van der Waals surface area contributed by atoms with Crippen LogP contribution in [0, 0.1) is 11.2 Å². The third-order valence-corrected chi connectivity index (χ3v) is 1.60. The summed E-state index contributed by atoms with van der Waals surface area (Å²) in [5.41, 5.74) is 0.627. The van der Waals surface area contributed by atoms with E-state index < -0.39 is 0 Å². The lowest BCUT2D eigenvalue weighted by molar-refractivity contribution is -0.115. The summed E-state index contributed by atoms with van der Waals surface area (Å²) >= 11 is 0. The summed E-state index contributed by atoms with van der Waals surface area (Å²) in [6, 6.07) is 5.71. The van der Waals surface area contributed by atoms with Crippen molar-refractivity contribution < 1.29 is 9.18 Å². The molecule has 0 aliphatic heterocycles. The highest BCUT2D eigenvalue weighted by Gasteiger charge is 2.04. The van der Waals surface area contributed by atoms with Gasteiger partial charge in [0.25, 0.3) is 0 Å². The van der Waals surface area contributed by atoms with Crippen LogP contribution in [0.15, 0.2) is 24.3 Å². The summed E-state index contributed by atoms with van der Waals surface area (Å²) in [6.07, 6.45) is 0.0590. The molecule has 1 aromatic rings. The highest BCUT2D eigenvalue weighted by Crippen LogP contribution is 2.06. The molecule has 1 N–H and O–H groups in total. The molecule has 3 heteroatoms. The van der Waals surface area contributed by atoms with Gasteiger partial charge in [-0.25, -0.2) is 4.39 Å². The van der Waals surface area contributed by atoms with Crippen LogP contribution >= 0.6 is 0 Å². The van der Waals surface area contributed by atoms with Crippen LogP contribution in [0.4, 0.5) is 4.39 Å². The first kappa shape index (κ1) is 9.58. The molecule has 0 saturated carbocycles. The molecule has 1 aromatic carbocycles. The minimum atomic E-state index is -0.384. The van der Waals surface area contributed by atoms with Crippen molar-refractivity contribution in [1.82, 2.24) is 0 Å². The second-order valence-electron chi connectivity index (χ2n) is 2.87. The van der Waals surface area contributed by atoms with E-state index in [1.54, 1.807) is 6.07 Å². The zero-order valence-corrected chi connectivity index (χ0v) is 7.30. The molecule has 68 valence electrons. The van der Waals surface area contributed by atoms with Crippen molar-refractivity contribution >= 4 is 11.5 Å². The quantitative estimate of drug-likeness (QED) is 0.710. The Morgan fingerprint density at radius 3 is 2.77 bits per heavy atom. The Bertz CT molecular complexity index is 347. The number of hydrogen-bond acceptors (Lipinski definition) is 2. The standard InChI is InChI=1S/C10H10FNO/c1-7(13)5-10(12)8-3-2-4-9(11)6-8/h2-4,6,12H,5H2,1H3. The fraction of sp³-hybridized carbons (Fsp3) is 0.200. The molecule has 0 atom stereocenters. The van der Waals surface area contributed by atoms with Crippen LogP contribution in [0.2, 0.25) is 0 Å². The van der Waals surface area contributed by atoms with Gasteiger partial charge in [-0.05, 0) is 24.6 Å². The molecule has 1 rings (SSSR count).